The van der Waals surface area contributed by atoms with E-state index in [1.165, 1.54) is 0 Å². The third-order valence-corrected chi connectivity index (χ3v) is 4.80. The van der Waals surface area contributed by atoms with Gasteiger partial charge in [-0.25, -0.2) is 0 Å². The Bertz CT molecular complexity index is 858. The van der Waals surface area contributed by atoms with Crippen LogP contribution in [0.5, 0.6) is 0 Å². The molecule has 3 rings (SSSR count). The smallest absolute Gasteiger partial charge is 0.312 e. The molecule has 26 heavy (non-hydrogen) atoms. The number of hydrogen-bond donors (Lipinski definition) is 3. The lowest BCUT2D eigenvalue weighted by atomic mass is 9.99. The van der Waals surface area contributed by atoms with Gasteiger partial charge < -0.3 is 15.4 Å². The molecular formula is C20H22N2O4. The molecule has 3 N–H and O–H groups in total. The molecule has 1 aliphatic carbocycles. The fraction of sp³-hybridized carbons (Fsp3) is 0.350. The number of fused-ring (bicyclic) bond motifs is 1. The monoisotopic (exact) mass is 354 g/mol. The Morgan fingerprint density at radius 1 is 1.12 bits per heavy atom. The lowest BCUT2D eigenvalue weighted by Crippen LogP contribution is -2.35. The van der Waals surface area contributed by atoms with Crippen LogP contribution in [0.3, 0.4) is 0 Å². The van der Waals surface area contributed by atoms with E-state index in [1.807, 2.05) is 0 Å². The van der Waals surface area contributed by atoms with Gasteiger partial charge in [0.05, 0.1) is 5.92 Å². The minimum absolute atomic E-state index is 0.0443. The molecule has 2 aromatic rings. The Hall–Kier alpha value is -2.89. The fourth-order valence-corrected chi connectivity index (χ4v) is 3.34. The van der Waals surface area contributed by atoms with E-state index in [0.717, 1.165) is 43.4 Å². The Morgan fingerprint density at radius 3 is 2.58 bits per heavy atom. The van der Waals surface area contributed by atoms with Gasteiger partial charge in [-0.15, -0.1) is 0 Å². The molecule has 1 aromatic carbocycles. The first kappa shape index (κ1) is 17.9. The standard InChI is InChI=1S/C20H22N2O4/c23-18(21-12-16(20(25)26)13-7-3-1-4-8-13)15-11-14-9-5-2-6-10-17(14)22-19(15)24/h1,3-4,7-8,11,16H,2,5-6,9-10,12H2,(H,21,23)(H,22,24)(H,25,26). The average molecular weight is 354 g/mol. The predicted octanol–water partition coefficient (Wildman–Crippen LogP) is 2.24. The highest BCUT2D eigenvalue weighted by atomic mass is 16.4. The number of carbonyl (C=O) groups is 2. The number of pyridine rings is 1. The third-order valence-electron chi connectivity index (χ3n) is 4.80. The molecule has 1 amide bonds. The maximum Gasteiger partial charge on any atom is 0.312 e. The summed E-state index contributed by atoms with van der Waals surface area (Å²) in [5.74, 6) is -2.42. The maximum atomic E-state index is 12.5. The maximum absolute atomic E-state index is 12.5. The topological polar surface area (TPSA) is 99.3 Å². The second kappa shape index (κ2) is 7.99. The van der Waals surface area contributed by atoms with Crippen molar-refractivity contribution in [2.75, 3.05) is 6.54 Å². The molecule has 136 valence electrons. The minimum Gasteiger partial charge on any atom is -0.481 e. The zero-order valence-electron chi connectivity index (χ0n) is 14.5. The van der Waals surface area contributed by atoms with Gasteiger partial charge >= 0.3 is 5.97 Å². The van der Waals surface area contributed by atoms with Crippen molar-refractivity contribution in [3.8, 4) is 0 Å². The van der Waals surface area contributed by atoms with Crippen LogP contribution >= 0.6 is 0 Å². The summed E-state index contributed by atoms with van der Waals surface area (Å²) < 4.78 is 0. The van der Waals surface area contributed by atoms with Gasteiger partial charge in [0.15, 0.2) is 0 Å². The van der Waals surface area contributed by atoms with E-state index in [4.69, 9.17) is 0 Å². The van der Waals surface area contributed by atoms with Crippen molar-refractivity contribution in [3.63, 3.8) is 0 Å². The molecule has 1 aromatic heterocycles. The summed E-state index contributed by atoms with van der Waals surface area (Å²) in [5, 5.41) is 12.0. The predicted molar refractivity (Wildman–Crippen MR) is 97.5 cm³/mol. The number of aryl methyl sites for hydroxylation is 2. The summed E-state index contributed by atoms with van der Waals surface area (Å²) in [4.78, 5) is 39.1. The van der Waals surface area contributed by atoms with Crippen molar-refractivity contribution in [1.82, 2.24) is 10.3 Å². The number of benzene rings is 1. The lowest BCUT2D eigenvalue weighted by Gasteiger charge is -2.14. The van der Waals surface area contributed by atoms with Crippen molar-refractivity contribution in [1.29, 1.82) is 0 Å². The Kier molecular flexibility index (Phi) is 5.51. The van der Waals surface area contributed by atoms with Crippen LogP contribution in [0.1, 0.15) is 52.4 Å². The molecule has 1 unspecified atom stereocenters. The van der Waals surface area contributed by atoms with Crippen LogP contribution in [-0.2, 0) is 17.6 Å². The average Bonchev–Trinajstić information content (AvgIpc) is 2.86. The zero-order chi connectivity index (χ0) is 18.5. The van der Waals surface area contributed by atoms with Crippen molar-refractivity contribution >= 4 is 11.9 Å². The van der Waals surface area contributed by atoms with Gasteiger partial charge in [-0.2, -0.15) is 0 Å². The number of aliphatic carboxylic acids is 1. The molecule has 6 nitrogen and oxygen atoms in total. The molecule has 0 fully saturated rings. The van der Waals surface area contributed by atoms with Crippen LogP contribution < -0.4 is 10.9 Å². The van der Waals surface area contributed by atoms with Gasteiger partial charge in [-0.1, -0.05) is 36.8 Å². The van der Waals surface area contributed by atoms with Gasteiger partial charge in [-0.05, 0) is 42.9 Å². The molecule has 0 saturated heterocycles. The summed E-state index contributed by atoms with van der Waals surface area (Å²) in [7, 11) is 0. The highest BCUT2D eigenvalue weighted by molar-refractivity contribution is 5.94. The Balaban J connectivity index is 1.76. The summed E-state index contributed by atoms with van der Waals surface area (Å²) in [6, 6.07) is 10.4. The first-order valence-corrected chi connectivity index (χ1v) is 8.87. The van der Waals surface area contributed by atoms with Crippen molar-refractivity contribution < 1.29 is 14.7 Å². The Morgan fingerprint density at radius 2 is 1.85 bits per heavy atom. The minimum atomic E-state index is -1.02. The van der Waals surface area contributed by atoms with E-state index < -0.39 is 23.4 Å². The second-order valence-electron chi connectivity index (χ2n) is 6.59. The molecule has 1 atom stereocenters. The highest BCUT2D eigenvalue weighted by Gasteiger charge is 2.22. The summed E-state index contributed by atoms with van der Waals surface area (Å²) >= 11 is 0. The first-order valence-electron chi connectivity index (χ1n) is 8.87. The Labute approximate surface area is 151 Å². The summed E-state index contributed by atoms with van der Waals surface area (Å²) in [5.41, 5.74) is 2.15. The highest BCUT2D eigenvalue weighted by Crippen LogP contribution is 2.19. The molecule has 0 radical (unpaired) electrons. The van der Waals surface area contributed by atoms with Crippen LogP contribution in [-0.4, -0.2) is 28.5 Å². The molecule has 6 heteroatoms. The van der Waals surface area contributed by atoms with Crippen molar-refractivity contribution in [2.45, 2.75) is 38.0 Å². The number of hydrogen-bond acceptors (Lipinski definition) is 3. The van der Waals surface area contributed by atoms with E-state index in [1.54, 1.807) is 36.4 Å². The van der Waals surface area contributed by atoms with Crippen LogP contribution in [0.2, 0.25) is 0 Å². The summed E-state index contributed by atoms with van der Waals surface area (Å²) in [6.45, 7) is -0.0747. The van der Waals surface area contributed by atoms with Gasteiger partial charge in [-0.3, -0.25) is 14.4 Å². The normalized spacial score (nSPS) is 14.8. The van der Waals surface area contributed by atoms with E-state index >= 15 is 0 Å². The molecule has 0 aliphatic heterocycles. The van der Waals surface area contributed by atoms with Gasteiger partial charge in [0.25, 0.3) is 11.5 Å². The van der Waals surface area contributed by atoms with E-state index in [2.05, 4.69) is 10.3 Å². The number of carboxylic acids is 1. The number of nitrogens with one attached hydrogen (secondary N) is 2. The van der Waals surface area contributed by atoms with Gasteiger partial charge in [0.2, 0.25) is 0 Å². The molecule has 0 saturated carbocycles. The fourth-order valence-electron chi connectivity index (χ4n) is 3.34. The molecule has 1 heterocycles. The number of rotatable bonds is 5. The van der Waals surface area contributed by atoms with Crippen LogP contribution in [0.4, 0.5) is 0 Å². The molecule has 0 bridgehead atoms. The largest absolute Gasteiger partial charge is 0.481 e. The number of H-pyrrole nitrogens is 1. The van der Waals surface area contributed by atoms with E-state index in [0.29, 0.717) is 5.56 Å². The van der Waals surface area contributed by atoms with Crippen LogP contribution in [0.15, 0.2) is 41.2 Å². The SMILES string of the molecule is O=C(NCC(C(=O)O)c1ccccc1)c1cc2c([nH]c1=O)CCCCC2. The number of carboxylic acid groups (broad SMARTS) is 1. The van der Waals surface area contributed by atoms with Gasteiger partial charge in [0.1, 0.15) is 5.56 Å². The molecular weight excluding hydrogens is 332 g/mol. The van der Waals surface area contributed by atoms with Crippen LogP contribution in [0.25, 0.3) is 0 Å². The number of amides is 1. The van der Waals surface area contributed by atoms with Crippen molar-refractivity contribution in [2.24, 2.45) is 0 Å². The van der Waals surface area contributed by atoms with E-state index in [-0.39, 0.29) is 12.1 Å². The lowest BCUT2D eigenvalue weighted by molar-refractivity contribution is -0.138. The third kappa shape index (κ3) is 4.02. The number of aromatic nitrogens is 1. The van der Waals surface area contributed by atoms with Gasteiger partial charge in [0, 0.05) is 12.2 Å². The van der Waals surface area contributed by atoms with Crippen molar-refractivity contribution in [3.05, 3.63) is 69.1 Å². The molecule has 0 spiro atoms. The summed E-state index contributed by atoms with van der Waals surface area (Å²) in [6.07, 6.45) is 4.84. The first-order chi connectivity index (χ1) is 12.6. The van der Waals surface area contributed by atoms with E-state index in [9.17, 15) is 19.5 Å². The number of aromatic amines is 1. The second-order valence-corrected chi connectivity index (χ2v) is 6.59. The van der Waals surface area contributed by atoms with Crippen LogP contribution in [0, 0.1) is 0 Å². The quantitative estimate of drug-likeness (QED) is 0.717. The number of carbonyl (C=O) groups excluding carboxylic acids is 1. The zero-order valence-corrected chi connectivity index (χ0v) is 14.5. The molecule has 1 aliphatic rings.